The van der Waals surface area contributed by atoms with Gasteiger partial charge in [-0.15, -0.1) is 0 Å². The maximum absolute atomic E-state index is 9.66. The highest BCUT2D eigenvalue weighted by Gasteiger charge is 2.08. The minimum atomic E-state index is -0.102. The smallest absolute Gasteiger partial charge is 0.152 e. The molecule has 0 aromatic heterocycles. The Morgan fingerprint density at radius 3 is 2.31 bits per heavy atom. The summed E-state index contributed by atoms with van der Waals surface area (Å²) in [5.41, 5.74) is 1.90. The van der Waals surface area contributed by atoms with Crippen molar-refractivity contribution < 1.29 is 9.84 Å². The zero-order valence-corrected chi connectivity index (χ0v) is 16.3. The summed E-state index contributed by atoms with van der Waals surface area (Å²) in [6.45, 7) is 0.608. The zero-order valence-electron chi connectivity index (χ0n) is 14.0. The number of anilines is 1. The van der Waals surface area contributed by atoms with Gasteiger partial charge in [-0.05, 0) is 48.0 Å². The highest BCUT2D eigenvalue weighted by atomic mass is 35.5. The standard InChI is InChI=1S/C20H17Cl2NO2S/c1-25-15-6-8-16(9-7-15)26-19-5-3-2-4-13(19)12-23-14-10-17(21)20(24)18(22)11-14/h2-11,23-24H,12H2,1H3. The van der Waals surface area contributed by atoms with Crippen molar-refractivity contribution in [3.63, 3.8) is 0 Å². The molecular weight excluding hydrogens is 389 g/mol. The predicted molar refractivity (Wildman–Crippen MR) is 109 cm³/mol. The number of nitrogens with one attached hydrogen (secondary N) is 1. The fourth-order valence-electron chi connectivity index (χ4n) is 2.39. The Hall–Kier alpha value is -2.01. The van der Waals surface area contributed by atoms with E-state index >= 15 is 0 Å². The van der Waals surface area contributed by atoms with Crippen LogP contribution < -0.4 is 10.1 Å². The Kier molecular flexibility index (Phi) is 6.20. The molecule has 0 unspecified atom stereocenters. The Morgan fingerprint density at radius 1 is 1.00 bits per heavy atom. The van der Waals surface area contributed by atoms with Gasteiger partial charge in [-0.2, -0.15) is 0 Å². The summed E-state index contributed by atoms with van der Waals surface area (Å²) in [7, 11) is 1.66. The van der Waals surface area contributed by atoms with E-state index in [-0.39, 0.29) is 15.8 Å². The van der Waals surface area contributed by atoms with E-state index < -0.39 is 0 Å². The van der Waals surface area contributed by atoms with Crippen molar-refractivity contribution in [2.24, 2.45) is 0 Å². The Morgan fingerprint density at radius 2 is 1.65 bits per heavy atom. The second-order valence-corrected chi connectivity index (χ2v) is 7.46. The molecule has 0 bridgehead atoms. The number of methoxy groups -OCH3 is 1. The van der Waals surface area contributed by atoms with Crippen LogP contribution in [0.1, 0.15) is 5.56 Å². The molecule has 3 rings (SSSR count). The van der Waals surface area contributed by atoms with Crippen LogP contribution in [-0.4, -0.2) is 12.2 Å². The molecule has 134 valence electrons. The fraction of sp³-hybridized carbons (Fsp3) is 0.100. The predicted octanol–water partition coefficient (Wildman–Crippen LogP) is 6.47. The van der Waals surface area contributed by atoms with Crippen LogP contribution in [0.15, 0.2) is 70.5 Å². The molecule has 3 aromatic carbocycles. The van der Waals surface area contributed by atoms with E-state index in [0.717, 1.165) is 26.8 Å². The molecule has 3 nitrogen and oxygen atoms in total. The lowest BCUT2D eigenvalue weighted by atomic mass is 10.2. The third kappa shape index (κ3) is 4.58. The lowest BCUT2D eigenvalue weighted by Crippen LogP contribution is -2.01. The number of phenols is 1. The number of phenolic OH excluding ortho intramolecular Hbond substituents is 1. The van der Waals surface area contributed by atoms with Crippen molar-refractivity contribution in [2.75, 3.05) is 12.4 Å². The van der Waals surface area contributed by atoms with Crippen molar-refractivity contribution >= 4 is 40.7 Å². The van der Waals surface area contributed by atoms with Crippen LogP contribution in [0.5, 0.6) is 11.5 Å². The van der Waals surface area contributed by atoms with Crippen molar-refractivity contribution in [1.29, 1.82) is 0 Å². The number of halogens is 2. The molecule has 0 amide bonds. The normalized spacial score (nSPS) is 10.6. The molecule has 0 aliphatic rings. The molecule has 6 heteroatoms. The van der Waals surface area contributed by atoms with Gasteiger partial charge < -0.3 is 15.2 Å². The van der Waals surface area contributed by atoms with E-state index in [0.29, 0.717) is 6.54 Å². The number of aromatic hydroxyl groups is 1. The van der Waals surface area contributed by atoms with Crippen molar-refractivity contribution in [3.8, 4) is 11.5 Å². The summed E-state index contributed by atoms with van der Waals surface area (Å²) in [5.74, 6) is 0.736. The summed E-state index contributed by atoms with van der Waals surface area (Å²) < 4.78 is 5.20. The first-order chi connectivity index (χ1) is 12.6. The van der Waals surface area contributed by atoms with E-state index in [2.05, 4.69) is 17.4 Å². The molecule has 0 aliphatic carbocycles. The largest absolute Gasteiger partial charge is 0.505 e. The molecule has 0 atom stereocenters. The monoisotopic (exact) mass is 405 g/mol. The van der Waals surface area contributed by atoms with Crippen LogP contribution in [0.4, 0.5) is 5.69 Å². The highest BCUT2D eigenvalue weighted by Crippen LogP contribution is 2.35. The molecule has 0 aliphatic heterocycles. The van der Waals surface area contributed by atoms with Crippen LogP contribution in [0.25, 0.3) is 0 Å². The quantitative estimate of drug-likeness (QED) is 0.461. The molecule has 26 heavy (non-hydrogen) atoms. The van der Waals surface area contributed by atoms with Crippen molar-refractivity contribution in [1.82, 2.24) is 0 Å². The topological polar surface area (TPSA) is 41.5 Å². The second-order valence-electron chi connectivity index (χ2n) is 5.53. The summed E-state index contributed by atoms with van der Waals surface area (Å²) in [5, 5.41) is 13.4. The fourth-order valence-corrected chi connectivity index (χ4v) is 3.82. The molecule has 0 spiro atoms. The summed E-state index contributed by atoms with van der Waals surface area (Å²) in [6, 6.07) is 19.5. The average Bonchev–Trinajstić information content (AvgIpc) is 2.66. The maximum Gasteiger partial charge on any atom is 0.152 e. The van der Waals surface area contributed by atoms with E-state index in [1.165, 1.54) is 0 Å². The first kappa shape index (κ1) is 18.8. The zero-order chi connectivity index (χ0) is 18.5. The Labute approximate surface area is 166 Å². The highest BCUT2D eigenvalue weighted by molar-refractivity contribution is 7.99. The summed E-state index contributed by atoms with van der Waals surface area (Å²) >= 11 is 13.6. The first-order valence-electron chi connectivity index (χ1n) is 7.88. The van der Waals surface area contributed by atoms with Gasteiger partial charge in [0.05, 0.1) is 17.2 Å². The van der Waals surface area contributed by atoms with Crippen LogP contribution >= 0.6 is 35.0 Å². The number of ether oxygens (including phenoxy) is 1. The average molecular weight is 406 g/mol. The molecule has 0 saturated heterocycles. The Balaban J connectivity index is 1.74. The number of hydrogen-bond acceptors (Lipinski definition) is 4. The third-order valence-corrected chi connectivity index (χ3v) is 5.46. The molecule has 0 saturated carbocycles. The first-order valence-corrected chi connectivity index (χ1v) is 9.46. The number of benzene rings is 3. The van der Waals surface area contributed by atoms with E-state index in [1.54, 1.807) is 31.0 Å². The molecule has 2 N–H and O–H groups in total. The van der Waals surface area contributed by atoms with Gasteiger partial charge in [0.1, 0.15) is 5.75 Å². The van der Waals surface area contributed by atoms with Crippen molar-refractivity contribution in [2.45, 2.75) is 16.3 Å². The summed E-state index contributed by atoms with van der Waals surface area (Å²) in [4.78, 5) is 2.29. The maximum atomic E-state index is 9.66. The van der Waals surface area contributed by atoms with Gasteiger partial charge in [0.2, 0.25) is 0 Å². The van der Waals surface area contributed by atoms with Gasteiger partial charge in [0.15, 0.2) is 5.75 Å². The second kappa shape index (κ2) is 8.58. The van der Waals surface area contributed by atoms with Gasteiger partial charge in [-0.1, -0.05) is 53.2 Å². The SMILES string of the molecule is COc1ccc(Sc2ccccc2CNc2cc(Cl)c(O)c(Cl)c2)cc1. The van der Waals surface area contributed by atoms with Crippen molar-refractivity contribution in [3.05, 3.63) is 76.3 Å². The van der Waals surface area contributed by atoms with Crippen LogP contribution in [0, 0.1) is 0 Å². The number of hydrogen-bond donors (Lipinski definition) is 2. The molecule has 0 radical (unpaired) electrons. The van der Waals surface area contributed by atoms with Gasteiger partial charge in [0, 0.05) is 22.0 Å². The molecule has 3 aromatic rings. The summed E-state index contributed by atoms with van der Waals surface area (Å²) in [6.07, 6.45) is 0. The number of rotatable bonds is 6. The van der Waals surface area contributed by atoms with Gasteiger partial charge >= 0.3 is 0 Å². The van der Waals surface area contributed by atoms with Crippen LogP contribution in [-0.2, 0) is 6.54 Å². The Bertz CT molecular complexity index is 878. The van der Waals surface area contributed by atoms with E-state index in [1.807, 2.05) is 36.4 Å². The van der Waals surface area contributed by atoms with E-state index in [9.17, 15) is 5.11 Å². The van der Waals surface area contributed by atoms with Gasteiger partial charge in [-0.25, -0.2) is 0 Å². The van der Waals surface area contributed by atoms with E-state index in [4.69, 9.17) is 27.9 Å². The third-order valence-electron chi connectivity index (χ3n) is 3.76. The molecule has 0 fully saturated rings. The van der Waals surface area contributed by atoms with Crippen LogP contribution in [0.3, 0.4) is 0 Å². The minimum Gasteiger partial charge on any atom is -0.505 e. The minimum absolute atomic E-state index is 0.102. The molecule has 0 heterocycles. The molecular formula is C20H17Cl2NO2S. The lowest BCUT2D eigenvalue weighted by molar-refractivity contribution is 0.414. The van der Waals surface area contributed by atoms with Crippen LogP contribution in [0.2, 0.25) is 10.0 Å². The van der Waals surface area contributed by atoms with Gasteiger partial charge in [-0.3, -0.25) is 0 Å². The van der Waals surface area contributed by atoms with Gasteiger partial charge in [0.25, 0.3) is 0 Å². The lowest BCUT2D eigenvalue weighted by Gasteiger charge is -2.12.